The van der Waals surface area contributed by atoms with Crippen molar-refractivity contribution >= 4 is 17.7 Å². The van der Waals surface area contributed by atoms with E-state index in [2.05, 4.69) is 38.1 Å². The van der Waals surface area contributed by atoms with E-state index in [9.17, 15) is 10.1 Å². The highest BCUT2D eigenvalue weighted by Crippen LogP contribution is 2.35. The minimum absolute atomic E-state index is 0.0541. The van der Waals surface area contributed by atoms with Crippen molar-refractivity contribution in [2.24, 2.45) is 0 Å². The van der Waals surface area contributed by atoms with E-state index in [-0.39, 0.29) is 11.2 Å². The van der Waals surface area contributed by atoms with E-state index in [4.69, 9.17) is 0 Å². The summed E-state index contributed by atoms with van der Waals surface area (Å²) in [5.41, 5.74) is 1.82. The van der Waals surface area contributed by atoms with Gasteiger partial charge in [-0.05, 0) is 45.2 Å². The highest BCUT2D eigenvalue weighted by atomic mass is 32.2. The van der Waals surface area contributed by atoms with E-state index in [1.165, 1.54) is 17.5 Å². The summed E-state index contributed by atoms with van der Waals surface area (Å²) in [5, 5.41) is 9.47. The van der Waals surface area contributed by atoms with Gasteiger partial charge in [0.1, 0.15) is 5.54 Å². The summed E-state index contributed by atoms with van der Waals surface area (Å²) in [5.74, 6) is 0.0541. The number of nitrogens with zero attached hydrogens (tertiary/aromatic N) is 2. The number of hydrogen-bond donors (Lipinski definition) is 0. The number of rotatable bonds is 4. The number of carbonyl (C=O) groups is 1. The first-order chi connectivity index (χ1) is 10.9. The molecule has 0 aliphatic heterocycles. The molecule has 1 aromatic rings. The van der Waals surface area contributed by atoms with Crippen LogP contribution in [0, 0.1) is 25.2 Å². The van der Waals surface area contributed by atoms with Gasteiger partial charge in [-0.25, -0.2) is 0 Å². The Labute approximate surface area is 144 Å². The first kappa shape index (κ1) is 17.9. The van der Waals surface area contributed by atoms with Gasteiger partial charge in [-0.2, -0.15) is 5.26 Å². The van der Waals surface area contributed by atoms with Crippen LogP contribution in [0.4, 0.5) is 0 Å². The third-order valence-electron chi connectivity index (χ3n) is 4.84. The van der Waals surface area contributed by atoms with Gasteiger partial charge in [0.2, 0.25) is 5.91 Å². The van der Waals surface area contributed by atoms with E-state index in [1.54, 1.807) is 23.7 Å². The van der Waals surface area contributed by atoms with Crippen LogP contribution < -0.4 is 0 Å². The Hall–Kier alpha value is -1.47. The predicted octanol–water partition coefficient (Wildman–Crippen LogP) is 4.47. The zero-order valence-electron chi connectivity index (χ0n) is 14.6. The van der Waals surface area contributed by atoms with Gasteiger partial charge in [-0.15, -0.1) is 11.8 Å². The Morgan fingerprint density at radius 3 is 2.52 bits per heavy atom. The normalized spacial score (nSPS) is 18.0. The van der Waals surface area contributed by atoms with Crippen molar-refractivity contribution in [2.75, 3.05) is 7.05 Å². The molecule has 124 valence electrons. The molecule has 4 heteroatoms. The Balaban J connectivity index is 2.10. The zero-order valence-corrected chi connectivity index (χ0v) is 15.4. The largest absolute Gasteiger partial charge is 0.326 e. The SMILES string of the molecule is Cc1ccc(S[C@H](C)C(=O)N(C)C2(C#N)CCCCC2)c(C)c1. The third-order valence-corrected chi connectivity index (χ3v) is 6.11. The van der Waals surface area contributed by atoms with E-state index in [1.807, 2.05) is 6.92 Å². The summed E-state index contributed by atoms with van der Waals surface area (Å²) in [6.45, 7) is 6.09. The molecule has 2 rings (SSSR count). The molecule has 0 saturated heterocycles. The van der Waals surface area contributed by atoms with Gasteiger partial charge in [0.25, 0.3) is 0 Å². The lowest BCUT2D eigenvalue weighted by molar-refractivity contribution is -0.133. The number of aryl methyl sites for hydroxylation is 2. The van der Waals surface area contributed by atoms with Gasteiger partial charge >= 0.3 is 0 Å². The van der Waals surface area contributed by atoms with Crippen LogP contribution in [0.1, 0.15) is 50.2 Å². The quantitative estimate of drug-likeness (QED) is 0.765. The number of carbonyl (C=O) groups excluding carboxylic acids is 1. The van der Waals surface area contributed by atoms with E-state index < -0.39 is 5.54 Å². The second-order valence-electron chi connectivity index (χ2n) is 6.63. The second kappa shape index (κ2) is 7.40. The van der Waals surface area contributed by atoms with Gasteiger partial charge in [-0.1, -0.05) is 37.0 Å². The van der Waals surface area contributed by atoms with Crippen LogP contribution in [-0.4, -0.2) is 28.6 Å². The molecule has 1 fully saturated rings. The van der Waals surface area contributed by atoms with Crippen LogP contribution in [0.2, 0.25) is 0 Å². The second-order valence-corrected chi connectivity index (χ2v) is 8.01. The summed E-state index contributed by atoms with van der Waals surface area (Å²) >= 11 is 1.59. The number of thioether (sulfide) groups is 1. The highest BCUT2D eigenvalue weighted by molar-refractivity contribution is 8.00. The molecular weight excluding hydrogens is 304 g/mol. The van der Waals surface area contributed by atoms with E-state index in [0.29, 0.717) is 0 Å². The molecule has 0 aromatic heterocycles. The van der Waals surface area contributed by atoms with Crippen LogP contribution in [0.15, 0.2) is 23.1 Å². The molecule has 1 aliphatic rings. The number of hydrogen-bond acceptors (Lipinski definition) is 3. The average Bonchev–Trinajstić information content (AvgIpc) is 2.56. The lowest BCUT2D eigenvalue weighted by Crippen LogP contribution is -2.52. The average molecular weight is 330 g/mol. The lowest BCUT2D eigenvalue weighted by Gasteiger charge is -2.40. The summed E-state index contributed by atoms with van der Waals surface area (Å²) in [7, 11) is 1.80. The first-order valence-electron chi connectivity index (χ1n) is 8.32. The number of benzene rings is 1. The van der Waals surface area contributed by atoms with Crippen molar-refractivity contribution in [2.45, 2.75) is 68.6 Å². The van der Waals surface area contributed by atoms with Crippen molar-refractivity contribution < 1.29 is 4.79 Å². The topological polar surface area (TPSA) is 44.1 Å². The number of nitriles is 1. The van der Waals surface area contributed by atoms with Crippen molar-refractivity contribution in [3.8, 4) is 6.07 Å². The molecule has 0 heterocycles. The third kappa shape index (κ3) is 3.90. The van der Waals surface area contributed by atoms with Gasteiger partial charge in [0, 0.05) is 11.9 Å². The van der Waals surface area contributed by atoms with Gasteiger partial charge in [-0.3, -0.25) is 4.79 Å². The summed E-state index contributed by atoms with van der Waals surface area (Å²) in [6, 6.07) is 8.73. The molecule has 1 aromatic carbocycles. The standard InChI is InChI=1S/C19H26N2OS/c1-14-8-9-17(15(2)12-14)23-16(3)18(22)21(4)19(13-20)10-6-5-7-11-19/h8-9,12,16H,5-7,10-11H2,1-4H3/t16-/m1/s1. The van der Waals surface area contributed by atoms with Crippen molar-refractivity contribution in [1.82, 2.24) is 4.90 Å². The Kier molecular flexibility index (Phi) is 5.75. The molecule has 0 bridgehead atoms. The zero-order chi connectivity index (χ0) is 17.0. The van der Waals surface area contributed by atoms with Crippen LogP contribution >= 0.6 is 11.8 Å². The minimum atomic E-state index is -0.605. The maximum atomic E-state index is 12.8. The predicted molar refractivity (Wildman–Crippen MR) is 95.4 cm³/mol. The minimum Gasteiger partial charge on any atom is -0.326 e. The first-order valence-corrected chi connectivity index (χ1v) is 9.20. The van der Waals surface area contributed by atoms with Crippen LogP contribution in [0.25, 0.3) is 0 Å². The fourth-order valence-corrected chi connectivity index (χ4v) is 4.35. The monoisotopic (exact) mass is 330 g/mol. The summed E-state index contributed by atoms with van der Waals surface area (Å²) in [6.07, 6.45) is 4.82. The van der Waals surface area contributed by atoms with Crippen LogP contribution in [-0.2, 0) is 4.79 Å². The van der Waals surface area contributed by atoms with Crippen molar-refractivity contribution in [1.29, 1.82) is 5.26 Å². The molecule has 1 atom stereocenters. The molecule has 0 radical (unpaired) electrons. The molecule has 1 aliphatic carbocycles. The Morgan fingerprint density at radius 2 is 1.96 bits per heavy atom. The Bertz CT molecular complexity index is 614. The summed E-state index contributed by atoms with van der Waals surface area (Å²) in [4.78, 5) is 15.7. The van der Waals surface area contributed by atoms with Crippen molar-refractivity contribution in [3.63, 3.8) is 0 Å². The fourth-order valence-electron chi connectivity index (χ4n) is 3.31. The molecule has 23 heavy (non-hydrogen) atoms. The number of amides is 1. The molecule has 3 nitrogen and oxygen atoms in total. The molecule has 1 amide bonds. The highest BCUT2D eigenvalue weighted by Gasteiger charge is 2.40. The molecule has 0 spiro atoms. The molecule has 1 saturated carbocycles. The molecular formula is C19H26N2OS. The maximum absolute atomic E-state index is 12.8. The van der Waals surface area contributed by atoms with Gasteiger partial charge < -0.3 is 4.90 Å². The fraction of sp³-hybridized carbons (Fsp3) is 0.579. The smallest absolute Gasteiger partial charge is 0.236 e. The van der Waals surface area contributed by atoms with Crippen LogP contribution in [0.5, 0.6) is 0 Å². The van der Waals surface area contributed by atoms with Gasteiger partial charge in [0.05, 0.1) is 11.3 Å². The molecule has 0 unspecified atom stereocenters. The lowest BCUT2D eigenvalue weighted by atomic mass is 9.81. The van der Waals surface area contributed by atoms with E-state index in [0.717, 1.165) is 30.6 Å². The Morgan fingerprint density at radius 1 is 1.30 bits per heavy atom. The summed E-state index contributed by atoms with van der Waals surface area (Å²) < 4.78 is 0. The maximum Gasteiger partial charge on any atom is 0.236 e. The van der Waals surface area contributed by atoms with Crippen LogP contribution in [0.3, 0.4) is 0 Å². The molecule has 0 N–H and O–H groups in total. The van der Waals surface area contributed by atoms with Gasteiger partial charge in [0.15, 0.2) is 0 Å². The van der Waals surface area contributed by atoms with E-state index >= 15 is 0 Å². The van der Waals surface area contributed by atoms with Crippen molar-refractivity contribution in [3.05, 3.63) is 29.3 Å².